The molecule has 0 aliphatic heterocycles. The normalized spacial score (nSPS) is 11.8. The summed E-state index contributed by atoms with van der Waals surface area (Å²) in [5.41, 5.74) is 0.841. The van der Waals surface area contributed by atoms with Gasteiger partial charge in [0, 0.05) is 5.69 Å². The molecule has 128 valence electrons. The molecule has 0 saturated heterocycles. The smallest absolute Gasteiger partial charge is 0.376 e. The van der Waals surface area contributed by atoms with Crippen LogP contribution in [0.1, 0.15) is 50.1 Å². The summed E-state index contributed by atoms with van der Waals surface area (Å²) >= 11 is 0. The van der Waals surface area contributed by atoms with Gasteiger partial charge in [0.05, 0.1) is 6.61 Å². The molecule has 1 atom stereocenters. The van der Waals surface area contributed by atoms with E-state index in [0.29, 0.717) is 18.5 Å². The van der Waals surface area contributed by atoms with E-state index in [1.54, 1.807) is 0 Å². The van der Waals surface area contributed by atoms with E-state index >= 15 is 0 Å². The Bertz CT molecular complexity index is 634. The Kier molecular flexibility index (Phi) is 7.14. The fourth-order valence-corrected chi connectivity index (χ4v) is 2.26. The number of hydrogen-bond donors (Lipinski definition) is 1. The van der Waals surface area contributed by atoms with Crippen molar-refractivity contribution < 1.29 is 9.53 Å². The van der Waals surface area contributed by atoms with E-state index in [-0.39, 0.29) is 5.82 Å². The lowest BCUT2D eigenvalue weighted by Gasteiger charge is -2.14. The van der Waals surface area contributed by atoms with Crippen LogP contribution in [0.2, 0.25) is 0 Å². The van der Waals surface area contributed by atoms with Gasteiger partial charge in [-0.05, 0) is 24.5 Å². The summed E-state index contributed by atoms with van der Waals surface area (Å²) in [5.74, 6) is 0.219. The van der Waals surface area contributed by atoms with Gasteiger partial charge in [0.2, 0.25) is 11.8 Å². The molecule has 1 aromatic heterocycles. The molecular formula is C18H24N4O2. The predicted octanol–water partition coefficient (Wildman–Crippen LogP) is 3.99. The van der Waals surface area contributed by atoms with E-state index in [4.69, 9.17) is 4.74 Å². The number of carbonyl (C=O) groups is 1. The number of aromatic nitrogens is 3. The number of unbranched alkanes of at least 4 members (excludes halogenated alkanes) is 1. The van der Waals surface area contributed by atoms with Crippen LogP contribution in [0.4, 0.5) is 11.6 Å². The van der Waals surface area contributed by atoms with E-state index in [0.717, 1.165) is 31.4 Å². The Morgan fingerprint density at radius 1 is 1.21 bits per heavy atom. The van der Waals surface area contributed by atoms with Crippen LogP contribution in [0.3, 0.4) is 0 Å². The first-order valence-corrected chi connectivity index (χ1v) is 8.41. The Balaban J connectivity index is 1.93. The highest BCUT2D eigenvalue weighted by Crippen LogP contribution is 2.14. The molecule has 2 rings (SSSR count). The third-order valence-corrected chi connectivity index (χ3v) is 3.78. The van der Waals surface area contributed by atoms with Gasteiger partial charge in [-0.15, -0.1) is 0 Å². The van der Waals surface area contributed by atoms with E-state index in [2.05, 4.69) is 34.1 Å². The van der Waals surface area contributed by atoms with Crippen LogP contribution in [0.25, 0.3) is 0 Å². The fraction of sp³-hybridized carbons (Fsp3) is 0.444. The second-order valence-electron chi connectivity index (χ2n) is 5.64. The summed E-state index contributed by atoms with van der Waals surface area (Å²) in [6.07, 6.45) is 5.66. The van der Waals surface area contributed by atoms with Crippen molar-refractivity contribution in [3.05, 3.63) is 42.5 Å². The first-order valence-electron chi connectivity index (χ1n) is 8.41. The average Bonchev–Trinajstić information content (AvgIpc) is 2.63. The van der Waals surface area contributed by atoms with Gasteiger partial charge in [-0.1, -0.05) is 51.3 Å². The van der Waals surface area contributed by atoms with Crippen LogP contribution < -0.4 is 5.32 Å². The van der Waals surface area contributed by atoms with Gasteiger partial charge in [-0.2, -0.15) is 4.98 Å². The second-order valence-corrected chi connectivity index (χ2v) is 5.64. The van der Waals surface area contributed by atoms with E-state index in [1.807, 2.05) is 30.3 Å². The SMILES string of the molecule is CCCCC(CC)COC(=O)c1ncnc(Nc2ccccc2)n1. The van der Waals surface area contributed by atoms with Crippen LogP contribution in [-0.2, 0) is 4.74 Å². The number of rotatable bonds is 9. The molecule has 0 amide bonds. The van der Waals surface area contributed by atoms with Gasteiger partial charge < -0.3 is 10.1 Å². The lowest BCUT2D eigenvalue weighted by atomic mass is 10.0. The van der Waals surface area contributed by atoms with Crippen molar-refractivity contribution >= 4 is 17.6 Å². The summed E-state index contributed by atoms with van der Waals surface area (Å²) < 4.78 is 5.36. The zero-order valence-electron chi connectivity index (χ0n) is 14.2. The molecule has 0 saturated carbocycles. The highest BCUT2D eigenvalue weighted by atomic mass is 16.5. The van der Waals surface area contributed by atoms with E-state index in [1.165, 1.54) is 6.33 Å². The number of para-hydroxylation sites is 1. The fourth-order valence-electron chi connectivity index (χ4n) is 2.26. The largest absolute Gasteiger partial charge is 0.460 e. The maximum Gasteiger partial charge on any atom is 0.376 e. The monoisotopic (exact) mass is 328 g/mol. The van der Waals surface area contributed by atoms with Gasteiger partial charge in [-0.3, -0.25) is 0 Å². The maximum absolute atomic E-state index is 12.1. The first kappa shape index (κ1) is 17.8. The lowest BCUT2D eigenvalue weighted by Crippen LogP contribution is -2.17. The van der Waals surface area contributed by atoms with Crippen LogP contribution in [0.5, 0.6) is 0 Å². The molecule has 0 radical (unpaired) electrons. The van der Waals surface area contributed by atoms with Crippen molar-refractivity contribution in [2.45, 2.75) is 39.5 Å². The van der Waals surface area contributed by atoms with Crippen LogP contribution in [-0.4, -0.2) is 27.5 Å². The first-order chi connectivity index (χ1) is 11.7. The van der Waals surface area contributed by atoms with Gasteiger partial charge in [0.25, 0.3) is 0 Å². The van der Waals surface area contributed by atoms with E-state index < -0.39 is 5.97 Å². The van der Waals surface area contributed by atoms with Gasteiger partial charge in [0.15, 0.2) is 0 Å². The number of hydrogen-bond acceptors (Lipinski definition) is 6. The summed E-state index contributed by atoms with van der Waals surface area (Å²) in [7, 11) is 0. The quantitative estimate of drug-likeness (QED) is 0.701. The third kappa shape index (κ3) is 5.61. The number of esters is 1. The topological polar surface area (TPSA) is 77.0 Å². The highest BCUT2D eigenvalue weighted by molar-refractivity contribution is 5.85. The molecule has 0 aliphatic carbocycles. The van der Waals surface area contributed by atoms with Gasteiger partial charge in [-0.25, -0.2) is 14.8 Å². The van der Waals surface area contributed by atoms with Crippen molar-refractivity contribution in [3.63, 3.8) is 0 Å². The Morgan fingerprint density at radius 3 is 2.71 bits per heavy atom. The van der Waals surface area contributed by atoms with Gasteiger partial charge >= 0.3 is 5.97 Å². The lowest BCUT2D eigenvalue weighted by molar-refractivity contribution is 0.0413. The number of benzene rings is 1. The minimum absolute atomic E-state index is 0.0220. The number of nitrogens with zero attached hydrogens (tertiary/aromatic N) is 3. The number of ether oxygens (including phenoxy) is 1. The highest BCUT2D eigenvalue weighted by Gasteiger charge is 2.15. The molecule has 1 N–H and O–H groups in total. The minimum Gasteiger partial charge on any atom is -0.460 e. The molecule has 2 aromatic rings. The summed E-state index contributed by atoms with van der Waals surface area (Å²) in [4.78, 5) is 24.2. The van der Waals surface area contributed by atoms with Crippen molar-refractivity contribution in [1.29, 1.82) is 0 Å². The zero-order chi connectivity index (χ0) is 17.2. The molecule has 1 unspecified atom stereocenters. The molecule has 6 heteroatoms. The molecule has 0 fully saturated rings. The van der Waals surface area contributed by atoms with Crippen LogP contribution >= 0.6 is 0 Å². The molecule has 0 aliphatic rings. The minimum atomic E-state index is -0.511. The second kappa shape index (κ2) is 9.60. The van der Waals surface area contributed by atoms with Crippen molar-refractivity contribution in [2.24, 2.45) is 5.92 Å². The third-order valence-electron chi connectivity index (χ3n) is 3.78. The Morgan fingerprint density at radius 2 is 2.00 bits per heavy atom. The number of nitrogens with one attached hydrogen (secondary N) is 1. The Hall–Kier alpha value is -2.50. The summed E-state index contributed by atoms with van der Waals surface area (Å²) in [6.45, 7) is 4.67. The average molecular weight is 328 g/mol. The maximum atomic E-state index is 12.1. The standard InChI is InChI=1S/C18H24N4O2/c1-3-5-9-14(4-2)12-24-17(23)16-19-13-20-18(22-16)21-15-10-7-6-8-11-15/h6-8,10-11,13-14H,3-5,9,12H2,1-2H3,(H,19,20,21,22). The summed E-state index contributed by atoms with van der Waals surface area (Å²) in [5, 5.41) is 3.03. The molecule has 1 aromatic carbocycles. The Labute approximate surface area is 142 Å². The van der Waals surface area contributed by atoms with Crippen molar-refractivity contribution in [3.8, 4) is 0 Å². The molecule has 24 heavy (non-hydrogen) atoms. The van der Waals surface area contributed by atoms with Crippen molar-refractivity contribution in [2.75, 3.05) is 11.9 Å². The van der Waals surface area contributed by atoms with Crippen LogP contribution in [0, 0.1) is 5.92 Å². The zero-order valence-corrected chi connectivity index (χ0v) is 14.2. The predicted molar refractivity (Wildman–Crippen MR) is 93.1 cm³/mol. The van der Waals surface area contributed by atoms with Crippen molar-refractivity contribution in [1.82, 2.24) is 15.0 Å². The summed E-state index contributed by atoms with van der Waals surface area (Å²) in [6, 6.07) is 9.51. The number of anilines is 2. The van der Waals surface area contributed by atoms with Crippen LogP contribution in [0.15, 0.2) is 36.7 Å². The van der Waals surface area contributed by atoms with Gasteiger partial charge in [0.1, 0.15) is 6.33 Å². The van der Waals surface area contributed by atoms with E-state index in [9.17, 15) is 4.79 Å². The molecule has 0 bridgehead atoms. The molecular weight excluding hydrogens is 304 g/mol. The number of carbonyl (C=O) groups excluding carboxylic acids is 1. The molecule has 1 heterocycles. The molecule has 6 nitrogen and oxygen atoms in total. The molecule has 0 spiro atoms.